The first-order chi connectivity index (χ1) is 13.4. The lowest BCUT2D eigenvalue weighted by molar-refractivity contribution is -0.111. The largest absolute Gasteiger partial charge is 0.465 e. The molecule has 1 amide bonds. The van der Waals surface area contributed by atoms with Crippen LogP contribution in [0.2, 0.25) is 0 Å². The van der Waals surface area contributed by atoms with Crippen LogP contribution in [0.4, 0.5) is 11.4 Å². The number of anilines is 2. The van der Waals surface area contributed by atoms with Crippen LogP contribution in [-0.4, -0.2) is 45.8 Å². The summed E-state index contributed by atoms with van der Waals surface area (Å²) in [7, 11) is 0.0916. The molecule has 7 nitrogen and oxygen atoms in total. The summed E-state index contributed by atoms with van der Waals surface area (Å²) in [5.41, 5.74) is 1.16. The van der Waals surface area contributed by atoms with Gasteiger partial charge in [0.15, 0.2) is 0 Å². The third-order valence-electron chi connectivity index (χ3n) is 4.60. The van der Waals surface area contributed by atoms with Gasteiger partial charge in [0.25, 0.3) is 0 Å². The van der Waals surface area contributed by atoms with Crippen LogP contribution in [0.15, 0.2) is 52.0 Å². The van der Waals surface area contributed by atoms with E-state index in [1.165, 1.54) is 22.7 Å². The Morgan fingerprint density at radius 1 is 1.18 bits per heavy atom. The van der Waals surface area contributed by atoms with Crippen molar-refractivity contribution in [2.45, 2.75) is 24.2 Å². The van der Waals surface area contributed by atoms with Crippen molar-refractivity contribution >= 4 is 33.4 Å². The number of rotatable bonds is 6. The number of sulfonamides is 1. The zero-order valence-corrected chi connectivity index (χ0v) is 16.9. The molecule has 0 atom stereocenters. The highest BCUT2D eigenvalue weighted by molar-refractivity contribution is 7.89. The van der Waals surface area contributed by atoms with E-state index in [2.05, 4.69) is 5.32 Å². The molecule has 2 aromatic rings. The molecule has 2 heterocycles. The quantitative estimate of drug-likeness (QED) is 0.749. The van der Waals surface area contributed by atoms with Gasteiger partial charge in [-0.3, -0.25) is 4.79 Å². The van der Waals surface area contributed by atoms with Crippen molar-refractivity contribution in [3.05, 3.63) is 48.4 Å². The molecule has 1 aromatic carbocycles. The third-order valence-corrected chi connectivity index (χ3v) is 6.50. The lowest BCUT2D eigenvalue weighted by atomic mass is 10.2. The van der Waals surface area contributed by atoms with Crippen LogP contribution in [0.1, 0.15) is 25.0 Å². The van der Waals surface area contributed by atoms with Gasteiger partial charge >= 0.3 is 0 Å². The molecule has 0 radical (unpaired) electrons. The van der Waals surface area contributed by atoms with Crippen LogP contribution in [0.25, 0.3) is 6.08 Å². The number of furan rings is 1. The first-order valence-electron chi connectivity index (χ1n) is 9.22. The molecule has 3 rings (SSSR count). The number of hydrogen-bond acceptors (Lipinski definition) is 5. The zero-order chi connectivity index (χ0) is 20.1. The van der Waals surface area contributed by atoms with Gasteiger partial charge in [-0.15, -0.1) is 0 Å². The van der Waals surface area contributed by atoms with Gasteiger partial charge in [0.05, 0.1) is 22.5 Å². The van der Waals surface area contributed by atoms with Crippen LogP contribution >= 0.6 is 0 Å². The standard InChI is InChI=1S/C20H25N3O4S/c1-22(2)19-10-9-17(28(25,26)23-12-4-3-5-13-23)15-18(19)21-20(24)11-8-16-7-6-14-27-16/h6-11,14-15H,3-5,12-13H2,1-2H3,(H,21,24)/b11-8+. The molecule has 8 heteroatoms. The molecule has 1 aliphatic rings. The van der Waals surface area contributed by atoms with Crippen molar-refractivity contribution in [2.24, 2.45) is 0 Å². The number of benzene rings is 1. The molecule has 150 valence electrons. The fourth-order valence-corrected chi connectivity index (χ4v) is 4.68. The second-order valence-electron chi connectivity index (χ2n) is 6.88. The maximum atomic E-state index is 13.0. The van der Waals surface area contributed by atoms with Gasteiger partial charge < -0.3 is 14.6 Å². The van der Waals surface area contributed by atoms with Crippen LogP contribution in [0, 0.1) is 0 Å². The number of piperidine rings is 1. The average Bonchev–Trinajstić information content (AvgIpc) is 3.20. The summed E-state index contributed by atoms with van der Waals surface area (Å²) in [5.74, 6) is 0.191. The van der Waals surface area contributed by atoms with E-state index in [1.54, 1.807) is 30.3 Å². The average molecular weight is 404 g/mol. The first kappa shape index (κ1) is 20.2. The predicted octanol–water partition coefficient (Wildman–Crippen LogP) is 3.17. The zero-order valence-electron chi connectivity index (χ0n) is 16.1. The molecule has 0 aliphatic carbocycles. The molecule has 0 spiro atoms. The molecule has 1 fully saturated rings. The van der Waals surface area contributed by atoms with Gasteiger partial charge in [0.1, 0.15) is 5.76 Å². The highest BCUT2D eigenvalue weighted by Gasteiger charge is 2.26. The van der Waals surface area contributed by atoms with E-state index < -0.39 is 10.0 Å². The molecule has 0 unspecified atom stereocenters. The Hall–Kier alpha value is -2.58. The van der Waals surface area contributed by atoms with Crippen molar-refractivity contribution in [2.75, 3.05) is 37.4 Å². The van der Waals surface area contributed by atoms with E-state index in [1.807, 2.05) is 19.0 Å². The van der Waals surface area contributed by atoms with Gasteiger partial charge in [0, 0.05) is 33.3 Å². The smallest absolute Gasteiger partial charge is 0.248 e. The third kappa shape index (κ3) is 4.63. The molecular weight excluding hydrogens is 378 g/mol. The van der Waals surface area contributed by atoms with E-state index >= 15 is 0 Å². The summed E-state index contributed by atoms with van der Waals surface area (Å²) >= 11 is 0. The summed E-state index contributed by atoms with van der Waals surface area (Å²) in [6.45, 7) is 1.07. The summed E-state index contributed by atoms with van der Waals surface area (Å²) in [6.07, 6.45) is 7.22. The molecule has 1 aliphatic heterocycles. The lowest BCUT2D eigenvalue weighted by Gasteiger charge is -2.26. The van der Waals surface area contributed by atoms with Crippen molar-refractivity contribution in [1.29, 1.82) is 0 Å². The monoisotopic (exact) mass is 403 g/mol. The van der Waals surface area contributed by atoms with Crippen LogP contribution in [-0.2, 0) is 14.8 Å². The van der Waals surface area contributed by atoms with Gasteiger partial charge in [-0.1, -0.05) is 6.42 Å². The Morgan fingerprint density at radius 3 is 2.57 bits per heavy atom. The first-order valence-corrected chi connectivity index (χ1v) is 10.7. The number of carbonyl (C=O) groups is 1. The Balaban J connectivity index is 1.86. The van der Waals surface area contributed by atoms with Crippen LogP contribution in [0.3, 0.4) is 0 Å². The van der Waals surface area contributed by atoms with Gasteiger partial charge in [-0.25, -0.2) is 8.42 Å². The fourth-order valence-electron chi connectivity index (χ4n) is 3.14. The molecule has 28 heavy (non-hydrogen) atoms. The van der Waals surface area contributed by atoms with Crippen molar-refractivity contribution in [3.8, 4) is 0 Å². The summed E-state index contributed by atoms with van der Waals surface area (Å²) in [5, 5.41) is 2.78. The Morgan fingerprint density at radius 2 is 1.93 bits per heavy atom. The minimum atomic E-state index is -3.58. The minimum Gasteiger partial charge on any atom is -0.465 e. The maximum Gasteiger partial charge on any atom is 0.248 e. The van der Waals surface area contributed by atoms with Gasteiger partial charge in [-0.2, -0.15) is 4.31 Å². The second kappa shape index (κ2) is 8.62. The SMILES string of the molecule is CN(C)c1ccc(S(=O)(=O)N2CCCCC2)cc1NC(=O)/C=C/c1ccco1. The molecule has 1 aromatic heterocycles. The number of nitrogens with one attached hydrogen (secondary N) is 1. The highest BCUT2D eigenvalue weighted by atomic mass is 32.2. The number of amides is 1. The molecule has 1 saturated heterocycles. The topological polar surface area (TPSA) is 82.9 Å². The summed E-state index contributed by atoms with van der Waals surface area (Å²) < 4.78 is 32.6. The van der Waals surface area contributed by atoms with E-state index in [9.17, 15) is 13.2 Å². The van der Waals surface area contributed by atoms with Crippen molar-refractivity contribution < 1.29 is 17.6 Å². The van der Waals surface area contributed by atoms with Crippen molar-refractivity contribution in [3.63, 3.8) is 0 Å². The number of hydrogen-bond donors (Lipinski definition) is 1. The summed E-state index contributed by atoms with van der Waals surface area (Å²) in [6, 6.07) is 8.30. The fraction of sp³-hybridized carbons (Fsp3) is 0.350. The van der Waals surface area contributed by atoms with Crippen LogP contribution in [0.5, 0.6) is 0 Å². The number of carbonyl (C=O) groups excluding carboxylic acids is 1. The van der Waals surface area contributed by atoms with Gasteiger partial charge in [0.2, 0.25) is 15.9 Å². The molecule has 0 bridgehead atoms. The highest BCUT2D eigenvalue weighted by Crippen LogP contribution is 2.30. The minimum absolute atomic E-state index is 0.185. The maximum absolute atomic E-state index is 13.0. The van der Waals surface area contributed by atoms with Crippen LogP contribution < -0.4 is 10.2 Å². The molecule has 0 saturated carbocycles. The number of nitrogens with zero attached hydrogens (tertiary/aromatic N) is 2. The Labute approximate surface area is 165 Å². The Bertz CT molecular complexity index is 944. The van der Waals surface area contributed by atoms with E-state index in [4.69, 9.17) is 4.42 Å². The molecular formula is C20H25N3O4S. The lowest BCUT2D eigenvalue weighted by Crippen LogP contribution is -2.35. The van der Waals surface area contributed by atoms with E-state index in [0.717, 1.165) is 24.9 Å². The van der Waals surface area contributed by atoms with E-state index in [0.29, 0.717) is 24.5 Å². The Kier molecular flexibility index (Phi) is 6.21. The normalized spacial score (nSPS) is 15.6. The van der Waals surface area contributed by atoms with Gasteiger partial charge in [-0.05, 0) is 49.2 Å². The van der Waals surface area contributed by atoms with E-state index in [-0.39, 0.29) is 10.8 Å². The molecule has 1 N–H and O–H groups in total. The second-order valence-corrected chi connectivity index (χ2v) is 8.81. The van der Waals surface area contributed by atoms with Crippen molar-refractivity contribution in [1.82, 2.24) is 4.31 Å². The summed E-state index contributed by atoms with van der Waals surface area (Å²) in [4.78, 5) is 14.3. The predicted molar refractivity (Wildman–Crippen MR) is 110 cm³/mol.